The molecule has 96 valence electrons. The predicted octanol–water partition coefficient (Wildman–Crippen LogP) is 1.84. The second-order valence-corrected chi connectivity index (χ2v) is 5.34. The largest absolute Gasteiger partial charge is 0.373 e. The first-order valence-corrected chi connectivity index (χ1v) is 6.18. The highest BCUT2D eigenvalue weighted by Gasteiger charge is 2.35. The molecular weight excluding hydrogens is 218 g/mol. The van der Waals surface area contributed by atoms with Crippen molar-refractivity contribution in [2.75, 3.05) is 7.11 Å². The minimum atomic E-state index is -0.121. The Morgan fingerprint density at radius 3 is 2.65 bits per heavy atom. The molecule has 17 heavy (non-hydrogen) atoms. The summed E-state index contributed by atoms with van der Waals surface area (Å²) < 4.78 is 10.6. The van der Waals surface area contributed by atoms with E-state index >= 15 is 0 Å². The third-order valence-corrected chi connectivity index (χ3v) is 3.45. The first kappa shape index (κ1) is 12.5. The van der Waals surface area contributed by atoms with Crippen LogP contribution in [0.1, 0.15) is 50.9 Å². The highest BCUT2D eigenvalue weighted by molar-refractivity contribution is 5.02. The Hall–Kier alpha value is -0.940. The molecule has 5 heteroatoms. The summed E-state index contributed by atoms with van der Waals surface area (Å²) in [4.78, 5) is 4.39. The van der Waals surface area contributed by atoms with Gasteiger partial charge in [-0.15, -0.1) is 0 Å². The maximum Gasteiger partial charge on any atom is 0.228 e. The first-order valence-electron chi connectivity index (χ1n) is 6.18. The molecule has 1 saturated carbocycles. The van der Waals surface area contributed by atoms with Gasteiger partial charge in [-0.2, -0.15) is 4.98 Å². The monoisotopic (exact) mass is 239 g/mol. The lowest BCUT2D eigenvalue weighted by Crippen LogP contribution is -2.48. The highest BCUT2D eigenvalue weighted by atomic mass is 16.5. The van der Waals surface area contributed by atoms with E-state index in [2.05, 4.69) is 24.0 Å². The summed E-state index contributed by atoms with van der Waals surface area (Å²) in [6, 6.07) is 0. The average molecular weight is 239 g/mol. The van der Waals surface area contributed by atoms with E-state index in [-0.39, 0.29) is 11.6 Å². The van der Waals surface area contributed by atoms with Crippen LogP contribution in [-0.4, -0.2) is 22.8 Å². The van der Waals surface area contributed by atoms with Gasteiger partial charge in [-0.25, -0.2) is 0 Å². The molecule has 2 rings (SSSR count). The van der Waals surface area contributed by atoms with Gasteiger partial charge in [0.15, 0.2) is 0 Å². The van der Waals surface area contributed by atoms with Gasteiger partial charge in [0, 0.05) is 19.1 Å². The summed E-state index contributed by atoms with van der Waals surface area (Å²) in [7, 11) is 1.66. The van der Waals surface area contributed by atoms with Gasteiger partial charge in [0.1, 0.15) is 6.10 Å². The number of nitrogens with zero attached hydrogens (tertiary/aromatic N) is 2. The van der Waals surface area contributed by atoms with Crippen LogP contribution in [0.15, 0.2) is 4.52 Å². The maximum atomic E-state index is 6.15. The van der Waals surface area contributed by atoms with E-state index in [1.807, 2.05) is 0 Å². The summed E-state index contributed by atoms with van der Waals surface area (Å²) in [5.74, 6) is 1.58. The first-order chi connectivity index (χ1) is 8.04. The molecule has 0 aliphatic heterocycles. The standard InChI is InChI=1S/C12H21N3O2/c1-8(2)10(16-3)11-14-9(17-15-11)7-12(13)5-4-6-12/h8,10H,4-7,13H2,1-3H3. The number of aromatic nitrogens is 2. The molecule has 1 atom stereocenters. The lowest BCUT2D eigenvalue weighted by Gasteiger charge is -2.36. The summed E-state index contributed by atoms with van der Waals surface area (Å²) >= 11 is 0. The summed E-state index contributed by atoms with van der Waals surface area (Å²) in [5.41, 5.74) is 6.03. The molecular formula is C12H21N3O2. The minimum Gasteiger partial charge on any atom is -0.373 e. The molecule has 1 fully saturated rings. The quantitative estimate of drug-likeness (QED) is 0.848. The number of hydrogen-bond acceptors (Lipinski definition) is 5. The fraction of sp³-hybridized carbons (Fsp3) is 0.833. The third kappa shape index (κ3) is 2.66. The van der Waals surface area contributed by atoms with Gasteiger partial charge in [-0.05, 0) is 25.2 Å². The zero-order valence-corrected chi connectivity index (χ0v) is 10.8. The van der Waals surface area contributed by atoms with E-state index in [9.17, 15) is 0 Å². The Morgan fingerprint density at radius 1 is 1.47 bits per heavy atom. The fourth-order valence-corrected chi connectivity index (χ4v) is 2.24. The second kappa shape index (κ2) is 4.74. The molecule has 0 radical (unpaired) electrons. The van der Waals surface area contributed by atoms with Crippen molar-refractivity contribution in [3.63, 3.8) is 0 Å². The van der Waals surface area contributed by atoms with Crippen molar-refractivity contribution in [1.29, 1.82) is 0 Å². The van der Waals surface area contributed by atoms with Crippen molar-refractivity contribution >= 4 is 0 Å². The third-order valence-electron chi connectivity index (χ3n) is 3.45. The van der Waals surface area contributed by atoms with Crippen LogP contribution in [0.4, 0.5) is 0 Å². The van der Waals surface area contributed by atoms with E-state index in [0.29, 0.717) is 24.1 Å². The Labute approximate surface area is 102 Å². The molecule has 1 aromatic heterocycles. The molecule has 1 unspecified atom stereocenters. The highest BCUT2D eigenvalue weighted by Crippen LogP contribution is 2.32. The van der Waals surface area contributed by atoms with E-state index in [1.54, 1.807) is 7.11 Å². The molecule has 0 spiro atoms. The van der Waals surface area contributed by atoms with Gasteiger partial charge in [0.2, 0.25) is 11.7 Å². The molecule has 1 aliphatic carbocycles. The molecule has 0 saturated heterocycles. The van der Waals surface area contributed by atoms with Crippen molar-refractivity contribution in [1.82, 2.24) is 10.1 Å². The van der Waals surface area contributed by atoms with Crippen LogP contribution in [0.5, 0.6) is 0 Å². The number of rotatable bonds is 5. The molecule has 0 amide bonds. The van der Waals surface area contributed by atoms with Gasteiger partial charge in [0.25, 0.3) is 0 Å². The van der Waals surface area contributed by atoms with Crippen molar-refractivity contribution in [2.45, 2.75) is 51.2 Å². The van der Waals surface area contributed by atoms with Gasteiger partial charge < -0.3 is 15.0 Å². The van der Waals surface area contributed by atoms with Crippen LogP contribution in [0, 0.1) is 5.92 Å². The topological polar surface area (TPSA) is 74.2 Å². The van der Waals surface area contributed by atoms with Gasteiger partial charge >= 0.3 is 0 Å². The molecule has 1 aromatic rings. The fourth-order valence-electron chi connectivity index (χ4n) is 2.24. The van der Waals surface area contributed by atoms with Crippen LogP contribution in [0.2, 0.25) is 0 Å². The SMILES string of the molecule is COC(c1noc(CC2(N)CCC2)n1)C(C)C. The molecule has 0 bridgehead atoms. The van der Waals surface area contributed by atoms with Crippen molar-refractivity contribution < 1.29 is 9.26 Å². The van der Waals surface area contributed by atoms with Crippen molar-refractivity contribution in [3.8, 4) is 0 Å². The van der Waals surface area contributed by atoms with Gasteiger partial charge in [0.05, 0.1) is 0 Å². The van der Waals surface area contributed by atoms with Crippen LogP contribution in [-0.2, 0) is 11.2 Å². The zero-order valence-electron chi connectivity index (χ0n) is 10.8. The Kier molecular flexibility index (Phi) is 3.49. The smallest absolute Gasteiger partial charge is 0.228 e. The normalized spacial score (nSPS) is 20.3. The Morgan fingerprint density at radius 2 is 2.18 bits per heavy atom. The molecule has 0 aromatic carbocycles. The maximum absolute atomic E-state index is 6.15. The zero-order chi connectivity index (χ0) is 12.5. The van der Waals surface area contributed by atoms with E-state index in [0.717, 1.165) is 12.8 Å². The molecule has 2 N–H and O–H groups in total. The Balaban J connectivity index is 2.04. The second-order valence-electron chi connectivity index (χ2n) is 5.34. The van der Waals surface area contributed by atoms with E-state index < -0.39 is 0 Å². The lowest BCUT2D eigenvalue weighted by atomic mass is 9.75. The summed E-state index contributed by atoms with van der Waals surface area (Å²) in [6.45, 7) is 4.14. The number of ether oxygens (including phenoxy) is 1. The van der Waals surface area contributed by atoms with Crippen molar-refractivity contribution in [2.24, 2.45) is 11.7 Å². The lowest BCUT2D eigenvalue weighted by molar-refractivity contribution is 0.0555. The predicted molar refractivity (Wildman–Crippen MR) is 63.4 cm³/mol. The Bertz CT molecular complexity index is 372. The average Bonchev–Trinajstić information content (AvgIpc) is 2.64. The van der Waals surface area contributed by atoms with Gasteiger partial charge in [-0.3, -0.25) is 0 Å². The van der Waals surface area contributed by atoms with Crippen LogP contribution < -0.4 is 5.73 Å². The number of methoxy groups -OCH3 is 1. The minimum absolute atomic E-state index is 0.109. The molecule has 1 aliphatic rings. The van der Waals surface area contributed by atoms with Crippen molar-refractivity contribution in [3.05, 3.63) is 11.7 Å². The molecule has 1 heterocycles. The molecule has 5 nitrogen and oxygen atoms in total. The van der Waals surface area contributed by atoms with Crippen LogP contribution >= 0.6 is 0 Å². The van der Waals surface area contributed by atoms with Crippen LogP contribution in [0.25, 0.3) is 0 Å². The summed E-state index contributed by atoms with van der Waals surface area (Å²) in [6.07, 6.45) is 3.85. The summed E-state index contributed by atoms with van der Waals surface area (Å²) in [5, 5.41) is 3.98. The van der Waals surface area contributed by atoms with E-state index in [1.165, 1.54) is 6.42 Å². The van der Waals surface area contributed by atoms with E-state index in [4.69, 9.17) is 15.0 Å². The number of nitrogens with two attached hydrogens (primary N) is 1. The van der Waals surface area contributed by atoms with Crippen LogP contribution in [0.3, 0.4) is 0 Å². The van der Waals surface area contributed by atoms with Gasteiger partial charge in [-0.1, -0.05) is 19.0 Å². The number of hydrogen-bond donors (Lipinski definition) is 1.